The normalized spacial score (nSPS) is 38.9. The molecule has 2 heteroatoms. The van der Waals surface area contributed by atoms with Crippen molar-refractivity contribution in [2.75, 3.05) is 19.6 Å². The van der Waals surface area contributed by atoms with Crippen LogP contribution < -0.4 is 5.32 Å². The molecule has 2 nitrogen and oxygen atoms in total. The first-order valence-electron chi connectivity index (χ1n) is 5.53. The average Bonchev–Trinajstić information content (AvgIpc) is 2.19. The van der Waals surface area contributed by atoms with E-state index in [-0.39, 0.29) is 5.54 Å². The van der Waals surface area contributed by atoms with E-state index in [1.807, 2.05) is 0 Å². The van der Waals surface area contributed by atoms with Gasteiger partial charge >= 0.3 is 0 Å². The number of allylic oxidation sites excluding steroid dienone is 2. The van der Waals surface area contributed by atoms with Crippen LogP contribution in [0.5, 0.6) is 0 Å². The highest BCUT2D eigenvalue weighted by Gasteiger charge is 2.31. The number of nitrogens with zero attached hydrogens (tertiary/aromatic N) is 1. The van der Waals surface area contributed by atoms with Gasteiger partial charge in [0.1, 0.15) is 0 Å². The standard InChI is InChI=1S/C12H20N2/c1-11-10-14(9-8-13-11)12(2)6-4-3-5-7-12/h3-6,11,13H,7-10H2,1-2H3. The molecule has 0 aromatic rings. The number of nitrogens with one attached hydrogen (secondary N) is 1. The lowest BCUT2D eigenvalue weighted by Crippen LogP contribution is -2.57. The summed E-state index contributed by atoms with van der Waals surface area (Å²) in [5, 5.41) is 3.48. The minimum atomic E-state index is 0.255. The molecule has 1 fully saturated rings. The minimum Gasteiger partial charge on any atom is -0.312 e. The van der Waals surface area contributed by atoms with Crippen LogP contribution in [0.1, 0.15) is 20.3 Å². The van der Waals surface area contributed by atoms with Crippen LogP contribution in [0.2, 0.25) is 0 Å². The summed E-state index contributed by atoms with van der Waals surface area (Å²) >= 11 is 0. The molecule has 2 rings (SSSR count). The van der Waals surface area contributed by atoms with Gasteiger partial charge in [-0.25, -0.2) is 0 Å². The minimum absolute atomic E-state index is 0.255. The van der Waals surface area contributed by atoms with Crippen molar-refractivity contribution in [2.24, 2.45) is 0 Å². The van der Waals surface area contributed by atoms with Crippen molar-refractivity contribution in [2.45, 2.75) is 31.8 Å². The Morgan fingerprint density at radius 2 is 2.29 bits per heavy atom. The SMILES string of the molecule is CC1CN(C2(C)C=CC=CC2)CCN1. The Bertz CT molecular complexity index is 257. The highest BCUT2D eigenvalue weighted by molar-refractivity contribution is 5.20. The van der Waals surface area contributed by atoms with Crippen molar-refractivity contribution in [3.05, 3.63) is 24.3 Å². The zero-order valence-electron chi connectivity index (χ0n) is 9.16. The molecule has 14 heavy (non-hydrogen) atoms. The van der Waals surface area contributed by atoms with Crippen LogP contribution in [-0.2, 0) is 0 Å². The predicted molar refractivity (Wildman–Crippen MR) is 60.3 cm³/mol. The Hall–Kier alpha value is -0.600. The molecule has 0 saturated carbocycles. The maximum atomic E-state index is 3.48. The van der Waals surface area contributed by atoms with Gasteiger partial charge in [0, 0.05) is 31.2 Å². The van der Waals surface area contributed by atoms with Gasteiger partial charge in [-0.2, -0.15) is 0 Å². The third kappa shape index (κ3) is 1.91. The van der Waals surface area contributed by atoms with Crippen LogP contribution >= 0.6 is 0 Å². The van der Waals surface area contributed by atoms with Gasteiger partial charge in [0.25, 0.3) is 0 Å². The van der Waals surface area contributed by atoms with Gasteiger partial charge < -0.3 is 5.32 Å². The lowest BCUT2D eigenvalue weighted by molar-refractivity contribution is 0.108. The fraction of sp³-hybridized carbons (Fsp3) is 0.667. The Morgan fingerprint density at radius 1 is 1.43 bits per heavy atom. The van der Waals surface area contributed by atoms with Crippen LogP contribution in [0.25, 0.3) is 0 Å². The van der Waals surface area contributed by atoms with E-state index in [0.29, 0.717) is 6.04 Å². The molecule has 2 aliphatic rings. The molecule has 0 bridgehead atoms. The number of hydrogen-bond donors (Lipinski definition) is 1. The molecule has 1 N–H and O–H groups in total. The zero-order valence-corrected chi connectivity index (χ0v) is 9.16. The zero-order chi connectivity index (χ0) is 10.0. The molecule has 2 atom stereocenters. The second-order valence-corrected chi connectivity index (χ2v) is 4.65. The van der Waals surface area contributed by atoms with Gasteiger partial charge in [0.05, 0.1) is 0 Å². The number of hydrogen-bond acceptors (Lipinski definition) is 2. The Labute approximate surface area is 86.7 Å². The Kier molecular flexibility index (Phi) is 2.75. The monoisotopic (exact) mass is 192 g/mol. The molecule has 0 aromatic heterocycles. The van der Waals surface area contributed by atoms with E-state index in [4.69, 9.17) is 0 Å². The molecule has 1 heterocycles. The highest BCUT2D eigenvalue weighted by Crippen LogP contribution is 2.25. The van der Waals surface area contributed by atoms with E-state index < -0.39 is 0 Å². The Balaban J connectivity index is 2.05. The Morgan fingerprint density at radius 3 is 2.93 bits per heavy atom. The fourth-order valence-corrected chi connectivity index (χ4v) is 2.35. The first-order chi connectivity index (χ1) is 6.71. The lowest BCUT2D eigenvalue weighted by Gasteiger charge is -2.44. The van der Waals surface area contributed by atoms with Crippen molar-refractivity contribution >= 4 is 0 Å². The summed E-state index contributed by atoms with van der Waals surface area (Å²) in [7, 11) is 0. The highest BCUT2D eigenvalue weighted by atomic mass is 15.2. The molecule has 0 aromatic carbocycles. The molecular formula is C12H20N2. The van der Waals surface area contributed by atoms with Crippen LogP contribution in [0.3, 0.4) is 0 Å². The summed E-state index contributed by atoms with van der Waals surface area (Å²) in [5.41, 5.74) is 0.255. The van der Waals surface area contributed by atoms with Crippen molar-refractivity contribution < 1.29 is 0 Å². The van der Waals surface area contributed by atoms with Gasteiger partial charge in [-0.15, -0.1) is 0 Å². The van der Waals surface area contributed by atoms with E-state index in [1.165, 1.54) is 6.54 Å². The summed E-state index contributed by atoms with van der Waals surface area (Å²) in [6, 6.07) is 0.625. The van der Waals surface area contributed by atoms with Crippen LogP contribution in [0.15, 0.2) is 24.3 Å². The fourth-order valence-electron chi connectivity index (χ4n) is 2.35. The topological polar surface area (TPSA) is 15.3 Å². The first-order valence-corrected chi connectivity index (χ1v) is 5.53. The summed E-state index contributed by atoms with van der Waals surface area (Å²) in [6.07, 6.45) is 10.1. The molecule has 1 saturated heterocycles. The molecule has 1 aliphatic heterocycles. The molecule has 1 aliphatic carbocycles. The van der Waals surface area contributed by atoms with E-state index in [1.54, 1.807) is 0 Å². The second-order valence-electron chi connectivity index (χ2n) is 4.65. The van der Waals surface area contributed by atoms with Crippen LogP contribution in [0, 0.1) is 0 Å². The van der Waals surface area contributed by atoms with Crippen LogP contribution in [-0.4, -0.2) is 36.1 Å². The number of piperazine rings is 1. The lowest BCUT2D eigenvalue weighted by atomic mass is 9.90. The van der Waals surface area contributed by atoms with Gasteiger partial charge in [-0.1, -0.05) is 24.3 Å². The summed E-state index contributed by atoms with van der Waals surface area (Å²) in [4.78, 5) is 2.59. The van der Waals surface area contributed by atoms with Crippen LogP contribution in [0.4, 0.5) is 0 Å². The maximum absolute atomic E-state index is 3.48. The van der Waals surface area contributed by atoms with E-state index in [0.717, 1.165) is 19.5 Å². The molecule has 2 unspecified atom stereocenters. The van der Waals surface area contributed by atoms with Crippen molar-refractivity contribution in [1.82, 2.24) is 10.2 Å². The summed E-state index contributed by atoms with van der Waals surface area (Å²) in [5.74, 6) is 0. The quantitative estimate of drug-likeness (QED) is 0.678. The van der Waals surface area contributed by atoms with Gasteiger partial charge in [0.2, 0.25) is 0 Å². The summed E-state index contributed by atoms with van der Waals surface area (Å²) < 4.78 is 0. The molecule has 0 radical (unpaired) electrons. The first kappa shape index (κ1) is 9.94. The third-order valence-electron chi connectivity index (χ3n) is 3.32. The molecule has 78 valence electrons. The van der Waals surface area contributed by atoms with E-state index >= 15 is 0 Å². The van der Waals surface area contributed by atoms with Gasteiger partial charge in [-0.3, -0.25) is 4.90 Å². The van der Waals surface area contributed by atoms with Crippen molar-refractivity contribution in [1.29, 1.82) is 0 Å². The van der Waals surface area contributed by atoms with Gasteiger partial charge in [0.15, 0.2) is 0 Å². The largest absolute Gasteiger partial charge is 0.312 e. The number of rotatable bonds is 1. The predicted octanol–water partition coefficient (Wildman–Crippen LogP) is 1.55. The van der Waals surface area contributed by atoms with Crippen molar-refractivity contribution in [3.63, 3.8) is 0 Å². The van der Waals surface area contributed by atoms with Crippen molar-refractivity contribution in [3.8, 4) is 0 Å². The molecule has 0 spiro atoms. The average molecular weight is 192 g/mol. The van der Waals surface area contributed by atoms with Gasteiger partial charge in [-0.05, 0) is 20.3 Å². The summed E-state index contributed by atoms with van der Waals surface area (Å²) in [6.45, 7) is 8.05. The molecular weight excluding hydrogens is 172 g/mol. The second kappa shape index (κ2) is 3.87. The van der Waals surface area contributed by atoms with E-state index in [2.05, 4.69) is 48.4 Å². The smallest absolute Gasteiger partial charge is 0.0401 e. The van der Waals surface area contributed by atoms with E-state index in [9.17, 15) is 0 Å². The third-order valence-corrected chi connectivity index (χ3v) is 3.32. The maximum Gasteiger partial charge on any atom is 0.0401 e. The molecule has 0 amide bonds.